The van der Waals surface area contributed by atoms with E-state index in [4.69, 9.17) is 19.4 Å². The number of aromatic nitrogens is 4. The molecule has 0 bridgehead atoms. The molecule has 4 aromatic rings. The summed E-state index contributed by atoms with van der Waals surface area (Å²) in [4.78, 5) is 13.8. The average Bonchev–Trinajstić information content (AvgIpc) is 3.17. The smallest absolute Gasteiger partial charge is 0.180 e. The Labute approximate surface area is 172 Å². The summed E-state index contributed by atoms with van der Waals surface area (Å²) in [6.07, 6.45) is 3.67. The number of nitrogens with one attached hydrogen (secondary N) is 2. The van der Waals surface area contributed by atoms with Gasteiger partial charge in [-0.3, -0.25) is 0 Å². The summed E-state index contributed by atoms with van der Waals surface area (Å²) in [5.74, 6) is 2.54. The molecule has 2 aromatic carbocycles. The van der Waals surface area contributed by atoms with Gasteiger partial charge in [-0.1, -0.05) is 12.1 Å². The van der Waals surface area contributed by atoms with Crippen LogP contribution in [-0.4, -0.2) is 33.7 Å². The van der Waals surface area contributed by atoms with Crippen molar-refractivity contribution in [1.29, 1.82) is 0 Å². The Kier molecular flexibility index (Phi) is 5.39. The number of benzene rings is 2. The lowest BCUT2D eigenvalue weighted by molar-refractivity contribution is 0.395. The minimum atomic E-state index is 0.586. The molecule has 0 aliphatic heterocycles. The second kappa shape index (κ2) is 8.27. The summed E-state index contributed by atoms with van der Waals surface area (Å²) in [6, 6.07) is 13.3. The lowest BCUT2D eigenvalue weighted by Crippen LogP contribution is -2.02. The van der Waals surface area contributed by atoms with Crippen molar-refractivity contribution < 1.29 is 9.47 Å². The number of methoxy groups -OCH3 is 2. The molecule has 0 radical (unpaired) electrons. The van der Waals surface area contributed by atoms with E-state index in [0.717, 1.165) is 21.7 Å². The van der Waals surface area contributed by atoms with E-state index in [1.165, 1.54) is 11.9 Å². The highest BCUT2D eigenvalue weighted by atomic mass is 32.2. The molecule has 148 valence electrons. The predicted molar refractivity (Wildman–Crippen MR) is 115 cm³/mol. The van der Waals surface area contributed by atoms with Crippen molar-refractivity contribution in [2.75, 3.05) is 24.3 Å². The molecule has 0 unspecified atom stereocenters. The molecular weight excluding hydrogens is 388 g/mol. The summed E-state index contributed by atoms with van der Waals surface area (Å²) >= 11 is 1.37. The van der Waals surface area contributed by atoms with Crippen LogP contribution in [0.4, 0.5) is 17.3 Å². The quantitative estimate of drug-likeness (QED) is 0.439. The fraction of sp³-hybridized carbons (Fsp3) is 0.150. The maximum atomic E-state index is 5.36. The van der Waals surface area contributed by atoms with Crippen LogP contribution >= 0.6 is 11.9 Å². The molecule has 4 rings (SSSR count). The van der Waals surface area contributed by atoms with Crippen molar-refractivity contribution in [2.45, 2.75) is 5.03 Å². The number of rotatable bonds is 7. The van der Waals surface area contributed by atoms with Gasteiger partial charge in [0.25, 0.3) is 0 Å². The number of hydrogen-bond donors (Lipinski definition) is 2. The van der Waals surface area contributed by atoms with E-state index in [9.17, 15) is 0 Å². The fourth-order valence-corrected chi connectivity index (χ4v) is 3.38. The highest BCUT2D eigenvalue weighted by Crippen LogP contribution is 2.32. The highest BCUT2D eigenvalue weighted by molar-refractivity contribution is 8.00. The van der Waals surface area contributed by atoms with Gasteiger partial charge < -0.3 is 24.1 Å². The number of ether oxygens (including phenoxy) is 2. The van der Waals surface area contributed by atoms with Crippen LogP contribution in [0.5, 0.6) is 11.5 Å². The van der Waals surface area contributed by atoms with E-state index in [2.05, 4.69) is 15.0 Å². The van der Waals surface area contributed by atoms with Crippen LogP contribution in [0.1, 0.15) is 0 Å². The van der Waals surface area contributed by atoms with Crippen molar-refractivity contribution in [3.05, 3.63) is 55.0 Å². The molecular formula is C20H20N6O2S. The maximum Gasteiger partial charge on any atom is 0.180 e. The van der Waals surface area contributed by atoms with Crippen molar-refractivity contribution >= 4 is 40.3 Å². The van der Waals surface area contributed by atoms with Crippen LogP contribution in [0.3, 0.4) is 0 Å². The zero-order chi connectivity index (χ0) is 20.2. The molecule has 0 aliphatic rings. The fourth-order valence-electron chi connectivity index (χ4n) is 2.72. The van der Waals surface area contributed by atoms with Gasteiger partial charge in [0, 0.05) is 49.1 Å². The Bertz CT molecular complexity index is 1120. The van der Waals surface area contributed by atoms with Crippen LogP contribution in [0, 0.1) is 0 Å². The zero-order valence-electron chi connectivity index (χ0n) is 16.2. The van der Waals surface area contributed by atoms with Crippen LogP contribution in [0.25, 0.3) is 11.0 Å². The van der Waals surface area contributed by atoms with Gasteiger partial charge in [-0.25, -0.2) is 15.0 Å². The number of fused-ring (bicyclic) bond motifs is 1. The Morgan fingerprint density at radius 3 is 2.17 bits per heavy atom. The van der Waals surface area contributed by atoms with E-state index >= 15 is 0 Å². The molecule has 2 aromatic heterocycles. The first kappa shape index (κ1) is 18.9. The first-order chi connectivity index (χ1) is 14.1. The average molecular weight is 408 g/mol. The van der Waals surface area contributed by atoms with Crippen molar-refractivity contribution in [3.8, 4) is 11.5 Å². The first-order valence-electron chi connectivity index (χ1n) is 8.82. The molecule has 0 fully saturated rings. The van der Waals surface area contributed by atoms with E-state index in [1.54, 1.807) is 20.5 Å². The minimum absolute atomic E-state index is 0.586. The SMILES string of the molecule is COc1cc(Nc2nc3ccccc3nc2NSc2cn(C)cn2)cc(OC)c1. The highest BCUT2D eigenvalue weighted by Gasteiger charge is 2.12. The standard InChI is InChI=1S/C20H20N6O2S/c1-26-11-18(21-12-26)29-25-20-19(23-16-6-4-5-7-17(16)24-20)22-13-8-14(27-2)10-15(9-13)28-3/h4-12H,1-3H3,(H,22,23)(H,24,25). The van der Waals surface area contributed by atoms with Crippen LogP contribution in [0.15, 0.2) is 60.0 Å². The second-order valence-corrected chi connectivity index (χ2v) is 7.04. The third-order valence-corrected chi connectivity index (χ3v) is 4.83. The first-order valence-corrected chi connectivity index (χ1v) is 9.64. The summed E-state index contributed by atoms with van der Waals surface area (Å²) in [6.45, 7) is 0. The minimum Gasteiger partial charge on any atom is -0.497 e. The Balaban J connectivity index is 1.69. The molecule has 0 amide bonds. The number of aryl methyl sites for hydroxylation is 1. The van der Waals surface area contributed by atoms with Gasteiger partial charge in [-0.15, -0.1) is 0 Å². The van der Waals surface area contributed by atoms with Gasteiger partial charge in [-0.2, -0.15) is 0 Å². The summed E-state index contributed by atoms with van der Waals surface area (Å²) in [7, 11) is 5.16. The molecule has 2 heterocycles. The topological polar surface area (TPSA) is 86.1 Å². The predicted octanol–water partition coefficient (Wildman–Crippen LogP) is 4.24. The van der Waals surface area contributed by atoms with E-state index < -0.39 is 0 Å². The van der Waals surface area contributed by atoms with Gasteiger partial charge in [0.1, 0.15) is 16.5 Å². The molecule has 8 nitrogen and oxygen atoms in total. The second-order valence-electron chi connectivity index (χ2n) is 6.22. The summed E-state index contributed by atoms with van der Waals surface area (Å²) in [5, 5.41) is 4.15. The Morgan fingerprint density at radius 1 is 0.931 bits per heavy atom. The molecule has 29 heavy (non-hydrogen) atoms. The van der Waals surface area contributed by atoms with Crippen molar-refractivity contribution in [1.82, 2.24) is 19.5 Å². The molecule has 0 saturated heterocycles. The Hall–Kier alpha value is -3.46. The monoisotopic (exact) mass is 408 g/mol. The van der Waals surface area contributed by atoms with Gasteiger partial charge in [-0.05, 0) is 12.1 Å². The van der Waals surface area contributed by atoms with Gasteiger partial charge in [0.15, 0.2) is 11.6 Å². The van der Waals surface area contributed by atoms with Gasteiger partial charge in [0.2, 0.25) is 0 Å². The Morgan fingerprint density at radius 2 is 1.59 bits per heavy atom. The molecule has 0 spiro atoms. The molecule has 0 saturated carbocycles. The lowest BCUT2D eigenvalue weighted by atomic mass is 10.2. The molecule has 2 N–H and O–H groups in total. The number of para-hydroxylation sites is 2. The van der Waals surface area contributed by atoms with Crippen molar-refractivity contribution in [3.63, 3.8) is 0 Å². The maximum absolute atomic E-state index is 5.36. The van der Waals surface area contributed by atoms with Crippen LogP contribution in [-0.2, 0) is 7.05 Å². The molecule has 0 aliphatic carbocycles. The summed E-state index contributed by atoms with van der Waals surface area (Å²) in [5.41, 5.74) is 2.36. The third kappa shape index (κ3) is 4.35. The summed E-state index contributed by atoms with van der Waals surface area (Å²) < 4.78 is 15.9. The number of imidazole rings is 1. The number of hydrogen-bond acceptors (Lipinski definition) is 8. The van der Waals surface area contributed by atoms with Crippen LogP contribution in [0.2, 0.25) is 0 Å². The number of nitrogens with zero attached hydrogens (tertiary/aromatic N) is 4. The number of anilines is 3. The van der Waals surface area contributed by atoms with Gasteiger partial charge >= 0.3 is 0 Å². The third-order valence-electron chi connectivity index (χ3n) is 4.12. The van der Waals surface area contributed by atoms with Gasteiger partial charge in [0.05, 0.1) is 31.6 Å². The van der Waals surface area contributed by atoms with Crippen LogP contribution < -0.4 is 19.5 Å². The molecule has 9 heteroatoms. The van der Waals surface area contributed by atoms with Crippen molar-refractivity contribution in [2.24, 2.45) is 7.05 Å². The normalized spacial score (nSPS) is 10.7. The van der Waals surface area contributed by atoms with E-state index in [-0.39, 0.29) is 0 Å². The molecule has 0 atom stereocenters. The van der Waals surface area contributed by atoms with E-state index in [1.807, 2.05) is 60.3 Å². The zero-order valence-corrected chi connectivity index (χ0v) is 17.0. The lowest BCUT2D eigenvalue weighted by Gasteiger charge is -2.14. The largest absolute Gasteiger partial charge is 0.497 e. The van der Waals surface area contributed by atoms with E-state index in [0.29, 0.717) is 23.1 Å².